The highest BCUT2D eigenvalue weighted by Gasteiger charge is 2.52. The number of hydrogen-bond donors (Lipinski definition) is 7. The molecule has 2 aromatic carbocycles. The fourth-order valence-electron chi connectivity index (χ4n) is 3.66. The lowest BCUT2D eigenvalue weighted by Gasteiger charge is -2.40. The Morgan fingerprint density at radius 3 is 1.73 bits per heavy atom. The number of carboxylic acids is 1. The lowest BCUT2D eigenvalue weighted by Crippen LogP contribution is -2.58. The van der Waals surface area contributed by atoms with E-state index in [1.165, 1.54) is 42.5 Å². The van der Waals surface area contributed by atoms with E-state index < -0.39 is 66.2 Å². The van der Waals surface area contributed by atoms with Gasteiger partial charge in [0.05, 0.1) is 6.10 Å². The SMILES string of the molecule is O=C(/C=C\c1ccc(O)c(O)c1)O[C@H]1[C@H](O)C[C@@](O)(C(=O)O)C[C@H]1OC(=O)/C=C/c1ccc(O)c(O)c1. The first-order valence-corrected chi connectivity index (χ1v) is 10.8. The number of aliphatic hydroxyl groups excluding tert-OH is 1. The number of carbonyl (C=O) groups is 3. The molecule has 0 saturated heterocycles. The predicted octanol–water partition coefficient (Wildman–Crippen LogP) is 1.03. The molecule has 0 amide bonds. The van der Waals surface area contributed by atoms with Crippen molar-refractivity contribution in [2.24, 2.45) is 0 Å². The number of benzene rings is 2. The minimum atomic E-state index is -2.46. The highest BCUT2D eigenvalue weighted by atomic mass is 16.6. The average molecular weight is 516 g/mol. The van der Waals surface area contributed by atoms with Crippen LogP contribution in [0.1, 0.15) is 24.0 Å². The molecule has 4 atom stereocenters. The molecule has 3 rings (SSSR count). The Bertz CT molecular complexity index is 1250. The first-order chi connectivity index (χ1) is 17.4. The molecule has 12 nitrogen and oxygen atoms in total. The zero-order valence-corrected chi connectivity index (χ0v) is 19.1. The van der Waals surface area contributed by atoms with Gasteiger partial charge in [0.15, 0.2) is 34.7 Å². The summed E-state index contributed by atoms with van der Waals surface area (Å²) in [6, 6.07) is 7.50. The van der Waals surface area contributed by atoms with Crippen molar-refractivity contribution in [3.05, 3.63) is 59.7 Å². The van der Waals surface area contributed by atoms with Crippen LogP contribution in [0.5, 0.6) is 23.0 Å². The lowest BCUT2D eigenvalue weighted by molar-refractivity contribution is -0.204. The average Bonchev–Trinajstić information content (AvgIpc) is 2.82. The van der Waals surface area contributed by atoms with Crippen molar-refractivity contribution in [3.8, 4) is 23.0 Å². The van der Waals surface area contributed by atoms with E-state index in [0.29, 0.717) is 11.1 Å². The van der Waals surface area contributed by atoms with Gasteiger partial charge in [0.2, 0.25) is 0 Å². The molecule has 1 aliphatic rings. The normalized spacial score (nSPS) is 23.7. The topological polar surface area (TPSA) is 211 Å². The third kappa shape index (κ3) is 6.78. The van der Waals surface area contributed by atoms with E-state index in [1.54, 1.807) is 0 Å². The number of esters is 2. The molecule has 7 N–H and O–H groups in total. The van der Waals surface area contributed by atoms with Crippen LogP contribution in [-0.2, 0) is 23.9 Å². The van der Waals surface area contributed by atoms with Gasteiger partial charge in [-0.15, -0.1) is 0 Å². The van der Waals surface area contributed by atoms with Crippen LogP contribution in [0.25, 0.3) is 12.2 Å². The van der Waals surface area contributed by atoms with E-state index in [4.69, 9.17) is 9.47 Å². The smallest absolute Gasteiger partial charge is 0.335 e. The second-order valence-electron chi connectivity index (χ2n) is 8.35. The number of phenols is 4. The number of carbonyl (C=O) groups excluding carboxylic acids is 2. The minimum Gasteiger partial charge on any atom is -0.504 e. The molecule has 0 bridgehead atoms. The van der Waals surface area contributed by atoms with Crippen molar-refractivity contribution >= 4 is 30.1 Å². The third-order valence-corrected chi connectivity index (χ3v) is 5.57. The van der Waals surface area contributed by atoms with E-state index >= 15 is 0 Å². The fraction of sp³-hybridized carbons (Fsp3) is 0.240. The molecule has 2 aromatic rings. The van der Waals surface area contributed by atoms with Gasteiger partial charge in [0.1, 0.15) is 6.10 Å². The zero-order chi connectivity index (χ0) is 27.3. The molecule has 37 heavy (non-hydrogen) atoms. The number of carboxylic acid groups (broad SMARTS) is 1. The van der Waals surface area contributed by atoms with Gasteiger partial charge < -0.3 is 45.2 Å². The number of ether oxygens (including phenoxy) is 2. The summed E-state index contributed by atoms with van der Waals surface area (Å²) in [5.41, 5.74) is -1.82. The quantitative estimate of drug-likeness (QED) is 0.156. The Kier molecular flexibility index (Phi) is 8.05. The Labute approximate surface area is 209 Å². The standard InChI is InChI=1S/C25H24O12/c26-15-5-1-13(9-17(15)28)3-7-21(31)36-20-12-25(35,24(33)34)11-19(30)23(20)37-22(32)8-4-14-2-6-16(27)18(29)10-14/h1-10,19-20,23,26-30,35H,11-12H2,(H,33,34)/b7-3+,8-4-/t19-,20-,23+,25+/m1/s1. The molecular weight excluding hydrogens is 492 g/mol. The number of rotatable bonds is 7. The summed E-state index contributed by atoms with van der Waals surface area (Å²) < 4.78 is 10.4. The van der Waals surface area contributed by atoms with Gasteiger partial charge in [0, 0.05) is 25.0 Å². The van der Waals surface area contributed by atoms with Crippen molar-refractivity contribution in [3.63, 3.8) is 0 Å². The number of aliphatic hydroxyl groups is 2. The molecule has 12 heteroatoms. The van der Waals surface area contributed by atoms with Crippen LogP contribution in [0.4, 0.5) is 0 Å². The van der Waals surface area contributed by atoms with Crippen molar-refractivity contribution in [1.29, 1.82) is 0 Å². The van der Waals surface area contributed by atoms with Gasteiger partial charge >= 0.3 is 17.9 Å². The Morgan fingerprint density at radius 1 is 0.784 bits per heavy atom. The molecule has 0 spiro atoms. The van der Waals surface area contributed by atoms with Crippen LogP contribution < -0.4 is 0 Å². The maximum atomic E-state index is 12.4. The molecule has 1 aliphatic carbocycles. The number of hydrogen-bond acceptors (Lipinski definition) is 11. The molecule has 1 saturated carbocycles. The van der Waals surface area contributed by atoms with Crippen LogP contribution in [-0.4, -0.2) is 77.6 Å². The number of phenolic OH excluding ortho intramolecular Hbond substituents is 4. The molecule has 0 aromatic heterocycles. The monoisotopic (exact) mass is 516 g/mol. The van der Waals surface area contributed by atoms with Crippen LogP contribution >= 0.6 is 0 Å². The van der Waals surface area contributed by atoms with Gasteiger partial charge in [-0.3, -0.25) is 0 Å². The lowest BCUT2D eigenvalue weighted by atomic mass is 9.79. The second-order valence-corrected chi connectivity index (χ2v) is 8.35. The van der Waals surface area contributed by atoms with Crippen LogP contribution in [0.15, 0.2) is 48.6 Å². The Hall–Kier alpha value is -4.55. The third-order valence-electron chi connectivity index (χ3n) is 5.57. The maximum absolute atomic E-state index is 12.4. The molecule has 1 fully saturated rings. The van der Waals surface area contributed by atoms with Crippen LogP contribution in [0.2, 0.25) is 0 Å². The van der Waals surface area contributed by atoms with E-state index in [1.807, 2.05) is 0 Å². The zero-order valence-electron chi connectivity index (χ0n) is 19.1. The summed E-state index contributed by atoms with van der Waals surface area (Å²) in [7, 11) is 0. The van der Waals surface area contributed by atoms with Crippen molar-refractivity contribution < 1.29 is 59.6 Å². The van der Waals surface area contributed by atoms with E-state index in [0.717, 1.165) is 18.2 Å². The van der Waals surface area contributed by atoms with Gasteiger partial charge in [-0.25, -0.2) is 14.4 Å². The summed E-state index contributed by atoms with van der Waals surface area (Å²) in [5.74, 6) is -5.29. The van der Waals surface area contributed by atoms with Crippen molar-refractivity contribution in [2.75, 3.05) is 0 Å². The van der Waals surface area contributed by atoms with Crippen LogP contribution in [0.3, 0.4) is 0 Å². The Morgan fingerprint density at radius 2 is 1.27 bits per heavy atom. The van der Waals surface area contributed by atoms with E-state index in [9.17, 15) is 50.1 Å². The van der Waals surface area contributed by atoms with Gasteiger partial charge in [-0.05, 0) is 47.5 Å². The maximum Gasteiger partial charge on any atom is 0.335 e. The summed E-state index contributed by atoms with van der Waals surface area (Å²) in [6.45, 7) is 0. The van der Waals surface area contributed by atoms with E-state index in [2.05, 4.69) is 0 Å². The predicted molar refractivity (Wildman–Crippen MR) is 125 cm³/mol. The van der Waals surface area contributed by atoms with Crippen molar-refractivity contribution in [2.45, 2.75) is 36.8 Å². The molecular formula is C25H24O12. The summed E-state index contributed by atoms with van der Waals surface area (Å²) in [6.07, 6.45) is -1.86. The fourth-order valence-corrected chi connectivity index (χ4v) is 3.66. The summed E-state index contributed by atoms with van der Waals surface area (Å²) >= 11 is 0. The first kappa shape index (κ1) is 27.0. The number of aromatic hydroxyl groups is 4. The Balaban J connectivity index is 1.75. The highest BCUT2D eigenvalue weighted by molar-refractivity contribution is 5.88. The molecule has 0 unspecified atom stereocenters. The highest BCUT2D eigenvalue weighted by Crippen LogP contribution is 2.33. The largest absolute Gasteiger partial charge is 0.504 e. The second kappa shape index (κ2) is 11.0. The van der Waals surface area contributed by atoms with Gasteiger partial charge in [-0.1, -0.05) is 12.1 Å². The summed E-state index contributed by atoms with van der Waals surface area (Å²) in [4.78, 5) is 36.3. The molecule has 0 aliphatic heterocycles. The van der Waals surface area contributed by atoms with Crippen LogP contribution in [0, 0.1) is 0 Å². The molecule has 0 heterocycles. The van der Waals surface area contributed by atoms with Gasteiger partial charge in [-0.2, -0.15) is 0 Å². The van der Waals surface area contributed by atoms with Crippen molar-refractivity contribution in [1.82, 2.24) is 0 Å². The summed E-state index contributed by atoms with van der Waals surface area (Å²) in [5, 5.41) is 68.0. The first-order valence-electron chi connectivity index (χ1n) is 10.8. The van der Waals surface area contributed by atoms with E-state index in [-0.39, 0.29) is 11.5 Å². The number of aliphatic carboxylic acids is 1. The minimum absolute atomic E-state index is 0.311. The van der Waals surface area contributed by atoms with Gasteiger partial charge in [0.25, 0.3) is 0 Å². The molecule has 196 valence electrons. The molecule has 0 radical (unpaired) electrons.